The minimum absolute atomic E-state index is 0.0430. The van der Waals surface area contributed by atoms with Crippen molar-refractivity contribution in [2.45, 2.75) is 0 Å². The standard InChI is InChI=1S/C19H19N5O6/c1-22(13-6-4-3-5-12(13)19(25)28-2)14-11-15(23-7-9-29-10-8-23)18(24(26)27)17-16(14)20-30-21-17/h3-6,11H,7-10H2,1-2H3. The van der Waals surface area contributed by atoms with Gasteiger partial charge >= 0.3 is 11.7 Å². The van der Waals surface area contributed by atoms with Crippen LogP contribution in [-0.2, 0) is 9.47 Å². The number of para-hydroxylation sites is 1. The van der Waals surface area contributed by atoms with Gasteiger partial charge in [0, 0.05) is 20.1 Å². The third-order valence-corrected chi connectivity index (χ3v) is 5.04. The maximum atomic E-state index is 12.2. The van der Waals surface area contributed by atoms with Crippen molar-refractivity contribution in [3.63, 3.8) is 0 Å². The lowest BCUT2D eigenvalue weighted by Crippen LogP contribution is -2.36. The normalized spacial score (nSPS) is 14.0. The zero-order chi connectivity index (χ0) is 21.3. The molecule has 1 aromatic heterocycles. The van der Waals surface area contributed by atoms with Gasteiger partial charge in [-0.1, -0.05) is 12.1 Å². The Morgan fingerprint density at radius 3 is 2.60 bits per heavy atom. The number of hydrogen-bond acceptors (Lipinski definition) is 10. The zero-order valence-corrected chi connectivity index (χ0v) is 16.4. The van der Waals surface area contributed by atoms with Crippen LogP contribution in [0.1, 0.15) is 10.4 Å². The average Bonchev–Trinajstić information content (AvgIpc) is 3.27. The monoisotopic (exact) mass is 413 g/mol. The topological polar surface area (TPSA) is 124 Å². The molecule has 0 saturated carbocycles. The molecule has 1 fully saturated rings. The number of rotatable bonds is 5. The summed E-state index contributed by atoms with van der Waals surface area (Å²) in [6.07, 6.45) is 0. The number of esters is 1. The van der Waals surface area contributed by atoms with E-state index in [2.05, 4.69) is 10.3 Å². The van der Waals surface area contributed by atoms with E-state index in [1.807, 2.05) is 4.90 Å². The van der Waals surface area contributed by atoms with E-state index in [0.717, 1.165) is 0 Å². The first-order chi connectivity index (χ1) is 14.5. The molecule has 1 aliphatic rings. The summed E-state index contributed by atoms with van der Waals surface area (Å²) in [4.78, 5) is 27.2. The van der Waals surface area contributed by atoms with E-state index >= 15 is 0 Å². The van der Waals surface area contributed by atoms with Crippen molar-refractivity contribution in [1.82, 2.24) is 10.3 Å². The summed E-state index contributed by atoms with van der Waals surface area (Å²) in [7, 11) is 3.04. The number of benzene rings is 2. The number of fused-ring (bicyclic) bond motifs is 1. The van der Waals surface area contributed by atoms with E-state index in [-0.39, 0.29) is 16.7 Å². The van der Waals surface area contributed by atoms with Crippen molar-refractivity contribution >= 4 is 39.8 Å². The molecule has 11 nitrogen and oxygen atoms in total. The third-order valence-electron chi connectivity index (χ3n) is 5.04. The molecule has 3 aromatic rings. The SMILES string of the molecule is COC(=O)c1ccccc1N(C)c1cc(N2CCOCC2)c([N+](=O)[O-])c2nonc12. The van der Waals surface area contributed by atoms with Crippen LogP contribution >= 0.6 is 0 Å². The molecule has 30 heavy (non-hydrogen) atoms. The van der Waals surface area contributed by atoms with E-state index < -0.39 is 10.9 Å². The highest BCUT2D eigenvalue weighted by atomic mass is 16.6. The number of nitro benzene ring substituents is 1. The number of carbonyl (C=O) groups is 1. The minimum Gasteiger partial charge on any atom is -0.465 e. The summed E-state index contributed by atoms with van der Waals surface area (Å²) in [6, 6.07) is 8.58. The number of anilines is 3. The van der Waals surface area contributed by atoms with Crippen molar-refractivity contribution in [3.05, 3.63) is 46.0 Å². The van der Waals surface area contributed by atoms with Crippen molar-refractivity contribution in [2.24, 2.45) is 0 Å². The molecule has 11 heteroatoms. The third kappa shape index (κ3) is 3.28. The molecule has 0 N–H and O–H groups in total. The molecule has 0 unspecified atom stereocenters. The van der Waals surface area contributed by atoms with E-state index in [1.165, 1.54) is 7.11 Å². The summed E-state index contributed by atoms with van der Waals surface area (Å²) in [5.74, 6) is -0.498. The van der Waals surface area contributed by atoms with Crippen LogP contribution in [-0.4, -0.2) is 61.7 Å². The number of morpholine rings is 1. The van der Waals surface area contributed by atoms with Gasteiger partial charge < -0.3 is 19.3 Å². The predicted octanol–water partition coefficient (Wildman–Crippen LogP) is 2.52. The summed E-state index contributed by atoms with van der Waals surface area (Å²) in [5.41, 5.74) is 1.89. The van der Waals surface area contributed by atoms with Crippen LogP contribution in [0.3, 0.4) is 0 Å². The Kier molecular flexibility index (Phi) is 5.19. The Balaban J connectivity index is 1.92. The molecule has 2 aromatic carbocycles. The van der Waals surface area contributed by atoms with Gasteiger partial charge in [0.05, 0.1) is 42.2 Å². The molecule has 0 spiro atoms. The highest BCUT2D eigenvalue weighted by Gasteiger charge is 2.31. The predicted molar refractivity (Wildman–Crippen MR) is 107 cm³/mol. The molecule has 0 atom stereocenters. The Morgan fingerprint density at radius 1 is 1.20 bits per heavy atom. The van der Waals surface area contributed by atoms with Crippen LogP contribution < -0.4 is 9.80 Å². The number of nitrogens with zero attached hydrogens (tertiary/aromatic N) is 5. The van der Waals surface area contributed by atoms with Crippen LogP contribution in [0.15, 0.2) is 35.0 Å². The Bertz CT molecular complexity index is 1110. The van der Waals surface area contributed by atoms with Gasteiger partial charge in [0.25, 0.3) is 0 Å². The first-order valence-corrected chi connectivity index (χ1v) is 9.20. The van der Waals surface area contributed by atoms with Crippen molar-refractivity contribution in [3.8, 4) is 0 Å². The van der Waals surface area contributed by atoms with Gasteiger partial charge in [-0.15, -0.1) is 0 Å². The Labute approximate surface area is 170 Å². The number of hydrogen-bond donors (Lipinski definition) is 0. The van der Waals surface area contributed by atoms with Crippen molar-refractivity contribution in [2.75, 3.05) is 50.3 Å². The summed E-state index contributed by atoms with van der Waals surface area (Å²) < 4.78 is 15.1. The van der Waals surface area contributed by atoms with Crippen LogP contribution in [0.5, 0.6) is 0 Å². The average molecular weight is 413 g/mol. The Hall–Kier alpha value is -3.73. The fourth-order valence-corrected chi connectivity index (χ4v) is 3.56. The second kappa shape index (κ2) is 7.95. The first kappa shape index (κ1) is 19.6. The van der Waals surface area contributed by atoms with Gasteiger partial charge in [0.2, 0.25) is 5.52 Å². The van der Waals surface area contributed by atoms with Crippen LogP contribution in [0, 0.1) is 10.1 Å². The molecule has 4 rings (SSSR count). The lowest BCUT2D eigenvalue weighted by Gasteiger charge is -2.30. The van der Waals surface area contributed by atoms with Crippen molar-refractivity contribution < 1.29 is 23.8 Å². The number of aromatic nitrogens is 2. The molecule has 156 valence electrons. The smallest absolute Gasteiger partial charge is 0.339 e. The van der Waals surface area contributed by atoms with Crippen LogP contribution in [0.2, 0.25) is 0 Å². The molecule has 1 aliphatic heterocycles. The van der Waals surface area contributed by atoms with Gasteiger partial charge in [-0.05, 0) is 28.5 Å². The summed E-state index contributed by atoms with van der Waals surface area (Å²) in [6.45, 7) is 1.92. The fraction of sp³-hybridized carbons (Fsp3) is 0.316. The van der Waals surface area contributed by atoms with E-state index in [9.17, 15) is 14.9 Å². The number of methoxy groups -OCH3 is 1. The second-order valence-corrected chi connectivity index (χ2v) is 6.65. The van der Waals surface area contributed by atoms with E-state index in [4.69, 9.17) is 14.1 Å². The molecule has 0 amide bonds. The molecule has 2 heterocycles. The number of carbonyl (C=O) groups excluding carboxylic acids is 1. The minimum atomic E-state index is -0.498. The van der Waals surface area contributed by atoms with E-state index in [0.29, 0.717) is 48.9 Å². The van der Waals surface area contributed by atoms with Crippen LogP contribution in [0.4, 0.5) is 22.7 Å². The lowest BCUT2D eigenvalue weighted by atomic mass is 10.1. The van der Waals surface area contributed by atoms with Gasteiger partial charge in [0.15, 0.2) is 5.52 Å². The molecular formula is C19H19N5O6. The maximum absolute atomic E-state index is 12.2. The largest absolute Gasteiger partial charge is 0.465 e. The first-order valence-electron chi connectivity index (χ1n) is 9.20. The quantitative estimate of drug-likeness (QED) is 0.350. The molecule has 0 aliphatic carbocycles. The molecular weight excluding hydrogens is 394 g/mol. The lowest BCUT2D eigenvalue weighted by molar-refractivity contribution is -0.382. The van der Waals surface area contributed by atoms with Gasteiger partial charge in [-0.3, -0.25) is 10.1 Å². The molecule has 0 bridgehead atoms. The molecule has 0 radical (unpaired) electrons. The number of ether oxygens (including phenoxy) is 2. The second-order valence-electron chi connectivity index (χ2n) is 6.65. The fourth-order valence-electron chi connectivity index (χ4n) is 3.56. The van der Waals surface area contributed by atoms with Crippen LogP contribution in [0.25, 0.3) is 11.0 Å². The maximum Gasteiger partial charge on any atom is 0.339 e. The highest BCUT2D eigenvalue weighted by Crippen LogP contribution is 2.42. The zero-order valence-electron chi connectivity index (χ0n) is 16.4. The number of nitro groups is 1. The van der Waals surface area contributed by atoms with Gasteiger partial charge in [-0.25, -0.2) is 9.42 Å². The molecule has 1 saturated heterocycles. The summed E-state index contributed by atoms with van der Waals surface area (Å²) >= 11 is 0. The van der Waals surface area contributed by atoms with Gasteiger partial charge in [0.1, 0.15) is 5.69 Å². The summed E-state index contributed by atoms with van der Waals surface area (Å²) in [5, 5.41) is 19.6. The van der Waals surface area contributed by atoms with Gasteiger partial charge in [-0.2, -0.15) is 0 Å². The highest BCUT2D eigenvalue weighted by molar-refractivity contribution is 6.03. The van der Waals surface area contributed by atoms with E-state index in [1.54, 1.807) is 42.3 Å². The Morgan fingerprint density at radius 2 is 1.90 bits per heavy atom. The van der Waals surface area contributed by atoms with Crippen molar-refractivity contribution in [1.29, 1.82) is 0 Å².